The Morgan fingerprint density at radius 1 is 1.29 bits per heavy atom. The molecule has 0 spiro atoms. The van der Waals surface area contributed by atoms with Gasteiger partial charge in [0, 0.05) is 25.0 Å². The molecule has 0 saturated carbocycles. The number of phenolic OH excluding ortho intramolecular Hbond substituents is 1. The average Bonchev–Trinajstić information content (AvgIpc) is 2.37. The van der Waals surface area contributed by atoms with Gasteiger partial charge in [-0.05, 0) is 36.2 Å². The molecule has 17 heavy (non-hydrogen) atoms. The van der Waals surface area contributed by atoms with Gasteiger partial charge in [0.05, 0.1) is 0 Å². The van der Waals surface area contributed by atoms with E-state index in [1.807, 2.05) is 30.5 Å². The second-order valence-electron chi connectivity index (χ2n) is 4.06. The molecule has 2 N–H and O–H groups in total. The van der Waals surface area contributed by atoms with Crippen LogP contribution < -0.4 is 5.32 Å². The zero-order chi connectivity index (χ0) is 12.1. The van der Waals surface area contributed by atoms with Crippen LogP contribution in [0, 0.1) is 0 Å². The summed E-state index contributed by atoms with van der Waals surface area (Å²) in [6, 6.07) is 11.5. The first-order chi connectivity index (χ1) is 8.25. The molecule has 0 fully saturated rings. The summed E-state index contributed by atoms with van der Waals surface area (Å²) < 4.78 is 0. The Hall–Kier alpha value is -1.87. The maximum Gasteiger partial charge on any atom is 0.115 e. The van der Waals surface area contributed by atoms with Gasteiger partial charge in [-0.15, -0.1) is 0 Å². The monoisotopic (exact) mass is 228 g/mol. The lowest BCUT2D eigenvalue weighted by Crippen LogP contribution is -2.18. The highest BCUT2D eigenvalue weighted by molar-refractivity contribution is 5.27. The first-order valence-corrected chi connectivity index (χ1v) is 5.67. The van der Waals surface area contributed by atoms with E-state index in [9.17, 15) is 5.11 Å². The Balaban J connectivity index is 1.95. The summed E-state index contributed by atoms with van der Waals surface area (Å²) in [7, 11) is 0. The summed E-state index contributed by atoms with van der Waals surface area (Å²) in [4.78, 5) is 4.09. The van der Waals surface area contributed by atoms with Gasteiger partial charge in [-0.1, -0.05) is 18.2 Å². The second kappa shape index (κ2) is 5.46. The maximum atomic E-state index is 9.36. The molecule has 0 saturated heterocycles. The van der Waals surface area contributed by atoms with E-state index in [2.05, 4.69) is 17.2 Å². The van der Waals surface area contributed by atoms with Crippen molar-refractivity contribution in [2.24, 2.45) is 0 Å². The van der Waals surface area contributed by atoms with E-state index in [0.29, 0.717) is 5.75 Å². The van der Waals surface area contributed by atoms with Gasteiger partial charge in [0.1, 0.15) is 5.75 Å². The van der Waals surface area contributed by atoms with Crippen LogP contribution in [0.15, 0.2) is 48.8 Å². The zero-order valence-electron chi connectivity index (χ0n) is 9.80. The minimum Gasteiger partial charge on any atom is -0.508 e. The van der Waals surface area contributed by atoms with Gasteiger partial charge in [0.25, 0.3) is 0 Å². The molecule has 3 heteroatoms. The Morgan fingerprint density at radius 2 is 2.18 bits per heavy atom. The number of hydrogen-bond acceptors (Lipinski definition) is 3. The maximum absolute atomic E-state index is 9.36. The Labute approximate surface area is 101 Å². The van der Waals surface area contributed by atoms with E-state index < -0.39 is 0 Å². The molecule has 0 aliphatic heterocycles. The van der Waals surface area contributed by atoms with Crippen molar-refractivity contribution in [3.05, 3.63) is 59.9 Å². The highest BCUT2D eigenvalue weighted by Gasteiger charge is 2.04. The SMILES string of the molecule is C[C@@H](NCc1cccc(O)c1)c1cccnc1. The van der Waals surface area contributed by atoms with Crippen LogP contribution in [-0.2, 0) is 6.54 Å². The highest BCUT2D eigenvalue weighted by Crippen LogP contribution is 2.14. The molecule has 1 heterocycles. The molecule has 1 aromatic heterocycles. The molecule has 0 bridgehead atoms. The van der Waals surface area contributed by atoms with Crippen LogP contribution >= 0.6 is 0 Å². The average molecular weight is 228 g/mol. The van der Waals surface area contributed by atoms with Crippen molar-refractivity contribution in [1.82, 2.24) is 10.3 Å². The van der Waals surface area contributed by atoms with Crippen molar-refractivity contribution in [2.75, 3.05) is 0 Å². The van der Waals surface area contributed by atoms with E-state index in [4.69, 9.17) is 0 Å². The molecule has 2 rings (SSSR count). The molecular weight excluding hydrogens is 212 g/mol. The number of aromatic nitrogens is 1. The molecule has 0 aliphatic carbocycles. The molecule has 0 unspecified atom stereocenters. The smallest absolute Gasteiger partial charge is 0.115 e. The summed E-state index contributed by atoms with van der Waals surface area (Å²) in [6.07, 6.45) is 3.63. The topological polar surface area (TPSA) is 45.1 Å². The van der Waals surface area contributed by atoms with Crippen molar-refractivity contribution >= 4 is 0 Å². The Kier molecular flexibility index (Phi) is 3.73. The van der Waals surface area contributed by atoms with Crippen molar-refractivity contribution in [1.29, 1.82) is 0 Å². The lowest BCUT2D eigenvalue weighted by Gasteiger charge is -2.13. The van der Waals surface area contributed by atoms with Gasteiger partial charge < -0.3 is 10.4 Å². The molecule has 0 radical (unpaired) electrons. The molecule has 88 valence electrons. The van der Waals surface area contributed by atoms with Crippen LogP contribution in [0.25, 0.3) is 0 Å². The van der Waals surface area contributed by atoms with Crippen molar-refractivity contribution in [2.45, 2.75) is 19.5 Å². The number of benzene rings is 1. The summed E-state index contributed by atoms with van der Waals surface area (Å²) >= 11 is 0. The molecule has 1 atom stereocenters. The Bertz CT molecular complexity index is 471. The molecule has 2 aromatic rings. The summed E-state index contributed by atoms with van der Waals surface area (Å²) in [6.45, 7) is 2.82. The third-order valence-electron chi connectivity index (χ3n) is 2.71. The predicted molar refractivity (Wildman–Crippen MR) is 67.6 cm³/mol. The van der Waals surface area contributed by atoms with Gasteiger partial charge in [0.15, 0.2) is 0 Å². The normalized spacial score (nSPS) is 12.3. The summed E-state index contributed by atoms with van der Waals surface area (Å²) in [5.74, 6) is 0.304. The quantitative estimate of drug-likeness (QED) is 0.845. The highest BCUT2D eigenvalue weighted by atomic mass is 16.3. The fraction of sp³-hybridized carbons (Fsp3) is 0.214. The minimum atomic E-state index is 0.242. The second-order valence-corrected chi connectivity index (χ2v) is 4.06. The van der Waals surface area contributed by atoms with Gasteiger partial charge >= 0.3 is 0 Å². The number of pyridine rings is 1. The molecule has 1 aromatic carbocycles. The third kappa shape index (κ3) is 3.29. The standard InChI is InChI=1S/C14H16N2O/c1-11(13-5-3-7-15-10-13)16-9-12-4-2-6-14(17)8-12/h2-8,10-11,16-17H,9H2,1H3/t11-/m1/s1. The number of hydrogen-bond donors (Lipinski definition) is 2. The van der Waals surface area contributed by atoms with E-state index in [-0.39, 0.29) is 6.04 Å². The molecular formula is C14H16N2O. The summed E-state index contributed by atoms with van der Waals surface area (Å²) in [5, 5.41) is 12.7. The van der Waals surface area contributed by atoms with Gasteiger partial charge in [0.2, 0.25) is 0 Å². The van der Waals surface area contributed by atoms with Crippen molar-refractivity contribution in [3.63, 3.8) is 0 Å². The Morgan fingerprint density at radius 3 is 2.88 bits per heavy atom. The fourth-order valence-electron chi connectivity index (χ4n) is 1.69. The number of phenols is 1. The van der Waals surface area contributed by atoms with Crippen LogP contribution in [-0.4, -0.2) is 10.1 Å². The largest absolute Gasteiger partial charge is 0.508 e. The van der Waals surface area contributed by atoms with Crippen LogP contribution in [0.3, 0.4) is 0 Å². The number of nitrogens with one attached hydrogen (secondary N) is 1. The van der Waals surface area contributed by atoms with Gasteiger partial charge in [-0.2, -0.15) is 0 Å². The van der Waals surface area contributed by atoms with Crippen LogP contribution in [0.5, 0.6) is 5.75 Å². The third-order valence-corrected chi connectivity index (χ3v) is 2.71. The van der Waals surface area contributed by atoms with E-state index in [0.717, 1.165) is 17.7 Å². The van der Waals surface area contributed by atoms with Crippen LogP contribution in [0.1, 0.15) is 24.1 Å². The fourth-order valence-corrected chi connectivity index (χ4v) is 1.69. The number of rotatable bonds is 4. The first kappa shape index (κ1) is 11.6. The van der Waals surface area contributed by atoms with E-state index in [1.54, 1.807) is 18.3 Å². The lowest BCUT2D eigenvalue weighted by atomic mass is 10.1. The van der Waals surface area contributed by atoms with Crippen molar-refractivity contribution < 1.29 is 5.11 Å². The first-order valence-electron chi connectivity index (χ1n) is 5.67. The van der Waals surface area contributed by atoms with Gasteiger partial charge in [-0.3, -0.25) is 4.98 Å². The van der Waals surface area contributed by atoms with Crippen molar-refractivity contribution in [3.8, 4) is 5.75 Å². The van der Waals surface area contributed by atoms with Crippen LogP contribution in [0.4, 0.5) is 0 Å². The molecule has 0 aliphatic rings. The summed E-state index contributed by atoms with van der Waals surface area (Å²) in [5.41, 5.74) is 2.23. The molecule has 3 nitrogen and oxygen atoms in total. The predicted octanol–water partition coefficient (Wildman–Crippen LogP) is 2.64. The minimum absolute atomic E-state index is 0.242. The van der Waals surface area contributed by atoms with E-state index in [1.165, 1.54) is 0 Å². The van der Waals surface area contributed by atoms with Crippen LogP contribution in [0.2, 0.25) is 0 Å². The molecule has 0 amide bonds. The number of nitrogens with zero attached hydrogens (tertiary/aromatic N) is 1. The zero-order valence-corrected chi connectivity index (χ0v) is 9.80. The van der Waals surface area contributed by atoms with Gasteiger partial charge in [-0.25, -0.2) is 0 Å². The number of aromatic hydroxyl groups is 1. The lowest BCUT2D eigenvalue weighted by molar-refractivity contribution is 0.473. The van der Waals surface area contributed by atoms with E-state index >= 15 is 0 Å².